The number of ether oxygens (including phenoxy) is 3. The lowest BCUT2D eigenvalue weighted by Gasteiger charge is -2.17. The van der Waals surface area contributed by atoms with Crippen LogP contribution in [0, 0.1) is 11.3 Å². The van der Waals surface area contributed by atoms with Crippen molar-refractivity contribution in [3.8, 4) is 23.3 Å². The SMILES string of the molecule is COc1ccc(Nc2ccc(C#N)cn2)c(N=C/C=C/c2cccc(OC)c2OC2CCCC2)c1. The molecule has 0 bridgehead atoms. The second-order valence-electron chi connectivity index (χ2n) is 8.09. The molecule has 0 aliphatic heterocycles. The molecule has 2 aromatic carbocycles. The number of nitrogens with zero attached hydrogens (tertiary/aromatic N) is 3. The van der Waals surface area contributed by atoms with Crippen molar-refractivity contribution in [3.05, 3.63) is 71.9 Å². The van der Waals surface area contributed by atoms with Gasteiger partial charge in [-0.15, -0.1) is 0 Å². The van der Waals surface area contributed by atoms with Crippen molar-refractivity contribution >= 4 is 29.5 Å². The number of pyridine rings is 1. The minimum Gasteiger partial charge on any atom is -0.497 e. The van der Waals surface area contributed by atoms with Gasteiger partial charge in [-0.2, -0.15) is 5.26 Å². The van der Waals surface area contributed by atoms with Crippen LogP contribution in [0.4, 0.5) is 17.2 Å². The Labute approximate surface area is 205 Å². The maximum absolute atomic E-state index is 8.98. The fourth-order valence-electron chi connectivity index (χ4n) is 3.92. The van der Waals surface area contributed by atoms with Crippen LogP contribution in [0.5, 0.6) is 17.2 Å². The van der Waals surface area contributed by atoms with Crippen molar-refractivity contribution in [3.63, 3.8) is 0 Å². The summed E-state index contributed by atoms with van der Waals surface area (Å²) in [5, 5.41) is 12.2. The lowest BCUT2D eigenvalue weighted by atomic mass is 10.1. The number of para-hydroxylation sites is 1. The number of aliphatic imine (C=N–C) groups is 1. The number of allylic oxidation sites excluding steroid dienone is 1. The first-order valence-electron chi connectivity index (χ1n) is 11.6. The highest BCUT2D eigenvalue weighted by molar-refractivity contribution is 5.84. The van der Waals surface area contributed by atoms with Gasteiger partial charge >= 0.3 is 0 Å². The summed E-state index contributed by atoms with van der Waals surface area (Å²) in [4.78, 5) is 8.90. The van der Waals surface area contributed by atoms with Crippen LogP contribution < -0.4 is 19.5 Å². The third-order valence-corrected chi connectivity index (χ3v) is 5.75. The molecule has 1 saturated carbocycles. The highest BCUT2D eigenvalue weighted by Gasteiger charge is 2.19. The van der Waals surface area contributed by atoms with Gasteiger partial charge < -0.3 is 19.5 Å². The van der Waals surface area contributed by atoms with Gasteiger partial charge in [0.05, 0.1) is 37.3 Å². The van der Waals surface area contributed by atoms with Crippen LogP contribution in [-0.2, 0) is 0 Å². The van der Waals surface area contributed by atoms with Crippen LogP contribution >= 0.6 is 0 Å². The maximum atomic E-state index is 8.98. The van der Waals surface area contributed by atoms with E-state index in [1.54, 1.807) is 32.6 Å². The molecule has 7 heteroatoms. The van der Waals surface area contributed by atoms with E-state index in [9.17, 15) is 0 Å². The molecular weight excluding hydrogens is 440 g/mol. The van der Waals surface area contributed by atoms with Gasteiger partial charge in [-0.1, -0.05) is 12.1 Å². The molecule has 0 radical (unpaired) electrons. The van der Waals surface area contributed by atoms with E-state index in [4.69, 9.17) is 19.5 Å². The van der Waals surface area contributed by atoms with Gasteiger partial charge in [-0.25, -0.2) is 4.98 Å². The fraction of sp³-hybridized carbons (Fsp3) is 0.250. The number of benzene rings is 2. The number of hydrogen-bond acceptors (Lipinski definition) is 7. The van der Waals surface area contributed by atoms with Gasteiger partial charge in [0.25, 0.3) is 0 Å². The molecule has 4 rings (SSSR count). The van der Waals surface area contributed by atoms with E-state index in [1.165, 1.54) is 19.0 Å². The smallest absolute Gasteiger partial charge is 0.168 e. The minimum atomic E-state index is 0.230. The molecule has 178 valence electrons. The molecule has 35 heavy (non-hydrogen) atoms. The summed E-state index contributed by atoms with van der Waals surface area (Å²) in [5.41, 5.74) is 2.89. The topological polar surface area (TPSA) is 88.8 Å². The zero-order valence-electron chi connectivity index (χ0n) is 19.9. The molecule has 1 fully saturated rings. The fourth-order valence-corrected chi connectivity index (χ4v) is 3.92. The number of hydrogen-bond donors (Lipinski definition) is 1. The lowest BCUT2D eigenvalue weighted by Crippen LogP contribution is -2.12. The van der Waals surface area contributed by atoms with Crippen molar-refractivity contribution in [2.75, 3.05) is 19.5 Å². The van der Waals surface area contributed by atoms with E-state index >= 15 is 0 Å². The molecule has 7 nitrogen and oxygen atoms in total. The Kier molecular flexibility index (Phi) is 7.97. The molecule has 1 aromatic heterocycles. The van der Waals surface area contributed by atoms with Crippen LogP contribution in [0.2, 0.25) is 0 Å². The van der Waals surface area contributed by atoms with E-state index in [0.717, 1.165) is 35.6 Å². The van der Waals surface area contributed by atoms with Crippen molar-refractivity contribution < 1.29 is 14.2 Å². The van der Waals surface area contributed by atoms with Crippen molar-refractivity contribution in [2.45, 2.75) is 31.8 Å². The van der Waals surface area contributed by atoms with Gasteiger partial charge in [0, 0.05) is 24.0 Å². The highest BCUT2D eigenvalue weighted by atomic mass is 16.5. The number of nitrogens with one attached hydrogen (secondary N) is 1. The van der Waals surface area contributed by atoms with E-state index in [0.29, 0.717) is 22.8 Å². The predicted molar refractivity (Wildman–Crippen MR) is 138 cm³/mol. The van der Waals surface area contributed by atoms with Crippen molar-refractivity contribution in [1.82, 2.24) is 4.98 Å². The van der Waals surface area contributed by atoms with Crippen LogP contribution in [-0.4, -0.2) is 31.5 Å². The third kappa shape index (κ3) is 6.18. The van der Waals surface area contributed by atoms with Gasteiger partial charge in [0.1, 0.15) is 17.6 Å². The second kappa shape index (κ2) is 11.7. The summed E-state index contributed by atoms with van der Waals surface area (Å²) in [6, 6.07) is 17.0. The number of methoxy groups -OCH3 is 2. The number of nitriles is 1. The molecule has 1 heterocycles. The standard InChI is InChI=1S/C28H28N4O3/c1-33-23-13-14-24(32-27-15-12-20(18-29)19-31-27)25(17-23)30-16-6-8-21-7-5-11-26(34-2)28(21)35-22-9-3-4-10-22/h5-8,11-17,19,22H,3-4,9-10H2,1-2H3,(H,31,32)/b8-6+,30-16?. The summed E-state index contributed by atoms with van der Waals surface area (Å²) < 4.78 is 17.2. The van der Waals surface area contributed by atoms with Crippen molar-refractivity contribution in [1.29, 1.82) is 5.26 Å². The Balaban J connectivity index is 1.54. The first-order chi connectivity index (χ1) is 17.2. The zero-order valence-corrected chi connectivity index (χ0v) is 19.9. The normalized spacial score (nSPS) is 13.7. The molecule has 1 aliphatic carbocycles. The number of aromatic nitrogens is 1. The van der Waals surface area contributed by atoms with E-state index in [-0.39, 0.29) is 6.10 Å². The molecule has 1 aliphatic rings. The number of rotatable bonds is 9. The Hall–Kier alpha value is -4.31. The average Bonchev–Trinajstić information content (AvgIpc) is 3.41. The Morgan fingerprint density at radius 2 is 1.94 bits per heavy atom. The van der Waals surface area contributed by atoms with Crippen LogP contribution in [0.3, 0.4) is 0 Å². The predicted octanol–water partition coefficient (Wildman–Crippen LogP) is 6.45. The van der Waals surface area contributed by atoms with E-state index < -0.39 is 0 Å². The first-order valence-corrected chi connectivity index (χ1v) is 11.6. The Bertz CT molecular complexity index is 1240. The van der Waals surface area contributed by atoms with Crippen molar-refractivity contribution in [2.24, 2.45) is 4.99 Å². The maximum Gasteiger partial charge on any atom is 0.168 e. The van der Waals surface area contributed by atoms with Crippen LogP contribution in [0.25, 0.3) is 6.08 Å². The van der Waals surface area contributed by atoms with Crippen LogP contribution in [0.15, 0.2) is 65.8 Å². The lowest BCUT2D eigenvalue weighted by molar-refractivity contribution is 0.200. The minimum absolute atomic E-state index is 0.230. The van der Waals surface area contributed by atoms with Gasteiger partial charge in [-0.05, 0) is 68.2 Å². The molecule has 0 amide bonds. The monoisotopic (exact) mass is 468 g/mol. The average molecular weight is 469 g/mol. The molecular formula is C28H28N4O3. The summed E-state index contributed by atoms with van der Waals surface area (Å²) in [5.74, 6) is 2.80. The molecule has 0 spiro atoms. The molecule has 0 unspecified atom stereocenters. The summed E-state index contributed by atoms with van der Waals surface area (Å²) in [7, 11) is 3.28. The molecule has 3 aromatic rings. The Morgan fingerprint density at radius 1 is 1.09 bits per heavy atom. The van der Waals surface area contributed by atoms with E-state index in [2.05, 4.69) is 21.4 Å². The molecule has 0 atom stereocenters. The molecule has 1 N–H and O–H groups in total. The number of anilines is 2. The van der Waals surface area contributed by atoms with Gasteiger partial charge in [-0.3, -0.25) is 4.99 Å². The van der Waals surface area contributed by atoms with Crippen LogP contribution in [0.1, 0.15) is 36.8 Å². The summed E-state index contributed by atoms with van der Waals surface area (Å²) >= 11 is 0. The van der Waals surface area contributed by atoms with Gasteiger partial charge in [0.2, 0.25) is 0 Å². The quantitative estimate of drug-likeness (QED) is 0.363. The van der Waals surface area contributed by atoms with Gasteiger partial charge in [0.15, 0.2) is 11.5 Å². The third-order valence-electron chi connectivity index (χ3n) is 5.75. The highest BCUT2D eigenvalue weighted by Crippen LogP contribution is 2.36. The van der Waals surface area contributed by atoms with E-state index in [1.807, 2.05) is 48.6 Å². The molecule has 0 saturated heterocycles. The summed E-state index contributed by atoms with van der Waals surface area (Å²) in [6.07, 6.45) is 11.9. The Morgan fingerprint density at radius 3 is 2.66 bits per heavy atom. The largest absolute Gasteiger partial charge is 0.497 e. The zero-order chi connectivity index (χ0) is 24.5. The second-order valence-corrected chi connectivity index (χ2v) is 8.09. The summed E-state index contributed by atoms with van der Waals surface area (Å²) in [6.45, 7) is 0. The first kappa shape index (κ1) is 23.8.